The van der Waals surface area contributed by atoms with Gasteiger partial charge in [0.05, 0.1) is 0 Å². The quantitative estimate of drug-likeness (QED) is 0.264. The maximum absolute atomic E-state index is 12.9. The van der Waals surface area contributed by atoms with Crippen LogP contribution in [0.15, 0.2) is 43.0 Å². The lowest BCUT2D eigenvalue weighted by molar-refractivity contribution is 0.0980. The number of nitrogens with one attached hydrogen (secondary N) is 1. The van der Waals surface area contributed by atoms with Crippen molar-refractivity contribution in [1.82, 2.24) is 5.32 Å². The van der Waals surface area contributed by atoms with Crippen LogP contribution in [-0.4, -0.2) is 12.3 Å². The van der Waals surface area contributed by atoms with Crippen LogP contribution in [0.25, 0.3) is 10.8 Å². The summed E-state index contributed by atoms with van der Waals surface area (Å²) in [5, 5.41) is 6.05. The molecule has 0 saturated carbocycles. The second-order valence-electron chi connectivity index (χ2n) is 7.73. The number of rotatable bonds is 12. The SMILES string of the molecule is C=CCCCCCCCCC(=O)c1ccc2c3c(cccc13)[C@H](NCC)C2. The molecule has 0 radical (unpaired) electrons. The van der Waals surface area contributed by atoms with E-state index in [9.17, 15) is 4.79 Å². The predicted octanol–water partition coefficient (Wildman–Crippen LogP) is 6.54. The van der Waals surface area contributed by atoms with Gasteiger partial charge in [-0.25, -0.2) is 0 Å². The zero-order valence-electron chi connectivity index (χ0n) is 16.7. The molecule has 2 aromatic carbocycles. The average Bonchev–Trinajstić information content (AvgIpc) is 3.04. The molecule has 0 saturated heterocycles. The second-order valence-corrected chi connectivity index (χ2v) is 7.73. The minimum atomic E-state index is 0.303. The molecular weight excluding hydrogens is 330 g/mol. The number of hydrogen-bond donors (Lipinski definition) is 1. The summed E-state index contributed by atoms with van der Waals surface area (Å²) in [5.41, 5.74) is 3.65. The molecule has 0 aliphatic heterocycles. The van der Waals surface area contributed by atoms with Crippen LogP contribution in [0.2, 0.25) is 0 Å². The maximum atomic E-state index is 12.9. The highest BCUT2D eigenvalue weighted by Crippen LogP contribution is 2.38. The number of hydrogen-bond acceptors (Lipinski definition) is 2. The van der Waals surface area contributed by atoms with Crippen LogP contribution in [-0.2, 0) is 6.42 Å². The van der Waals surface area contributed by atoms with Crippen molar-refractivity contribution >= 4 is 16.6 Å². The van der Waals surface area contributed by atoms with Gasteiger partial charge in [-0.2, -0.15) is 0 Å². The van der Waals surface area contributed by atoms with E-state index in [2.05, 4.69) is 49.2 Å². The fraction of sp³-hybridized carbons (Fsp3) is 0.480. The van der Waals surface area contributed by atoms with Crippen LogP contribution in [0.5, 0.6) is 0 Å². The fourth-order valence-corrected chi connectivity index (χ4v) is 4.39. The van der Waals surface area contributed by atoms with Gasteiger partial charge in [-0.05, 0) is 54.1 Å². The lowest BCUT2D eigenvalue weighted by Crippen LogP contribution is -2.19. The molecule has 0 aromatic heterocycles. The van der Waals surface area contributed by atoms with Gasteiger partial charge in [-0.15, -0.1) is 6.58 Å². The van der Waals surface area contributed by atoms with E-state index in [1.807, 2.05) is 6.08 Å². The molecule has 27 heavy (non-hydrogen) atoms. The van der Waals surface area contributed by atoms with E-state index in [1.165, 1.54) is 42.2 Å². The summed E-state index contributed by atoms with van der Waals surface area (Å²) in [6, 6.07) is 11.1. The number of carbonyl (C=O) groups excluding carboxylic acids is 1. The van der Waals surface area contributed by atoms with Gasteiger partial charge in [0.15, 0.2) is 5.78 Å². The Bertz CT molecular complexity index is 792. The molecule has 0 bridgehead atoms. The standard InChI is InChI=1S/C25H33NO/c1-3-5-6-7-8-9-10-11-15-24(27)20-17-16-19-18-23(26-4-2)22-14-12-13-21(20)25(19)22/h3,12-14,16-17,23,26H,1,4-11,15,18H2,2H3/t23-/m1/s1. The van der Waals surface area contributed by atoms with Crippen molar-refractivity contribution < 1.29 is 4.79 Å². The topological polar surface area (TPSA) is 29.1 Å². The molecule has 3 rings (SSSR count). The van der Waals surface area contributed by atoms with Gasteiger partial charge in [0.25, 0.3) is 0 Å². The number of Topliss-reactive ketones (excluding diaryl/α,β-unsaturated/α-hetero) is 1. The third-order valence-corrected chi connectivity index (χ3v) is 5.77. The summed E-state index contributed by atoms with van der Waals surface area (Å²) in [4.78, 5) is 12.9. The summed E-state index contributed by atoms with van der Waals surface area (Å²) in [6.45, 7) is 6.88. The molecule has 0 fully saturated rings. The van der Waals surface area contributed by atoms with Crippen LogP contribution in [0.4, 0.5) is 0 Å². The molecule has 1 atom stereocenters. The summed E-state index contributed by atoms with van der Waals surface area (Å²) in [6.07, 6.45) is 12.0. The van der Waals surface area contributed by atoms with Gasteiger partial charge in [-0.1, -0.05) is 69.0 Å². The van der Waals surface area contributed by atoms with Gasteiger partial charge in [0, 0.05) is 18.0 Å². The van der Waals surface area contributed by atoms with Crippen LogP contribution < -0.4 is 5.32 Å². The van der Waals surface area contributed by atoms with Gasteiger partial charge < -0.3 is 5.32 Å². The Balaban J connectivity index is 1.60. The van der Waals surface area contributed by atoms with Crippen LogP contribution in [0, 0.1) is 0 Å². The minimum Gasteiger partial charge on any atom is -0.310 e. The Morgan fingerprint density at radius 1 is 1.11 bits per heavy atom. The average molecular weight is 364 g/mol. The van der Waals surface area contributed by atoms with E-state index in [1.54, 1.807) is 0 Å². The molecule has 1 aliphatic carbocycles. The van der Waals surface area contributed by atoms with E-state index >= 15 is 0 Å². The zero-order valence-corrected chi connectivity index (χ0v) is 16.7. The highest BCUT2D eigenvalue weighted by molar-refractivity contribution is 6.10. The fourth-order valence-electron chi connectivity index (χ4n) is 4.39. The number of ketones is 1. The molecule has 2 aromatic rings. The highest BCUT2D eigenvalue weighted by Gasteiger charge is 2.25. The first kappa shape index (κ1) is 19.8. The predicted molar refractivity (Wildman–Crippen MR) is 116 cm³/mol. The van der Waals surface area contributed by atoms with Gasteiger partial charge in [0.2, 0.25) is 0 Å². The molecule has 0 heterocycles. The zero-order chi connectivity index (χ0) is 19.1. The van der Waals surface area contributed by atoms with E-state index in [-0.39, 0.29) is 0 Å². The van der Waals surface area contributed by atoms with Gasteiger partial charge >= 0.3 is 0 Å². The number of allylic oxidation sites excluding steroid dienone is 1. The molecule has 0 spiro atoms. The molecule has 2 heteroatoms. The molecule has 1 N–H and O–H groups in total. The minimum absolute atomic E-state index is 0.303. The Morgan fingerprint density at radius 2 is 1.89 bits per heavy atom. The van der Waals surface area contributed by atoms with Crippen molar-refractivity contribution in [2.24, 2.45) is 0 Å². The Kier molecular flexibility index (Phi) is 7.23. The first-order valence-corrected chi connectivity index (χ1v) is 10.7. The molecular formula is C25H33NO. The van der Waals surface area contributed by atoms with E-state index in [4.69, 9.17) is 0 Å². The Labute approximate surface area is 164 Å². The summed E-state index contributed by atoms with van der Waals surface area (Å²) < 4.78 is 0. The summed E-state index contributed by atoms with van der Waals surface area (Å²) >= 11 is 0. The highest BCUT2D eigenvalue weighted by atomic mass is 16.1. The van der Waals surface area contributed by atoms with E-state index < -0.39 is 0 Å². The van der Waals surface area contributed by atoms with Crippen molar-refractivity contribution in [2.75, 3.05) is 6.54 Å². The lowest BCUT2D eigenvalue weighted by atomic mass is 9.95. The molecule has 1 aliphatic rings. The van der Waals surface area contributed by atoms with Crippen LogP contribution in [0.1, 0.15) is 85.8 Å². The maximum Gasteiger partial charge on any atom is 0.163 e. The molecule has 144 valence electrons. The molecule has 2 nitrogen and oxygen atoms in total. The monoisotopic (exact) mass is 363 g/mol. The van der Waals surface area contributed by atoms with E-state index in [0.717, 1.165) is 43.2 Å². The lowest BCUT2D eigenvalue weighted by Gasteiger charge is -2.12. The number of unbranched alkanes of at least 4 members (excludes halogenated alkanes) is 6. The van der Waals surface area contributed by atoms with Crippen molar-refractivity contribution in [3.8, 4) is 0 Å². The first-order valence-electron chi connectivity index (χ1n) is 10.7. The van der Waals surface area contributed by atoms with Gasteiger partial charge in [-0.3, -0.25) is 4.79 Å². The Hall–Kier alpha value is -1.93. The van der Waals surface area contributed by atoms with Crippen molar-refractivity contribution in [3.63, 3.8) is 0 Å². The largest absolute Gasteiger partial charge is 0.310 e. The number of likely N-dealkylation sites (N-methyl/N-ethyl adjacent to an activating group) is 1. The van der Waals surface area contributed by atoms with Crippen LogP contribution in [0.3, 0.4) is 0 Å². The normalized spacial score (nSPS) is 15.4. The first-order chi connectivity index (χ1) is 13.3. The second kappa shape index (κ2) is 9.85. The summed E-state index contributed by atoms with van der Waals surface area (Å²) in [5.74, 6) is 0.303. The third-order valence-electron chi connectivity index (χ3n) is 5.77. The van der Waals surface area contributed by atoms with E-state index in [0.29, 0.717) is 18.2 Å². The van der Waals surface area contributed by atoms with Crippen molar-refractivity contribution in [3.05, 3.63) is 59.7 Å². The van der Waals surface area contributed by atoms with Crippen LogP contribution >= 0.6 is 0 Å². The molecule has 0 amide bonds. The number of carbonyl (C=O) groups is 1. The summed E-state index contributed by atoms with van der Waals surface area (Å²) in [7, 11) is 0. The van der Waals surface area contributed by atoms with Gasteiger partial charge in [0.1, 0.15) is 0 Å². The smallest absolute Gasteiger partial charge is 0.163 e. The third kappa shape index (κ3) is 4.68. The number of benzene rings is 2. The van der Waals surface area contributed by atoms with Crippen molar-refractivity contribution in [1.29, 1.82) is 0 Å². The Morgan fingerprint density at radius 3 is 2.67 bits per heavy atom. The van der Waals surface area contributed by atoms with Crippen molar-refractivity contribution in [2.45, 2.75) is 70.8 Å². The molecule has 0 unspecified atom stereocenters.